The molecule has 2 aromatic rings. The molecule has 1 aromatic carbocycles. The maximum Gasteiger partial charge on any atom is 0.195 e. The average Bonchev–Trinajstić information content (AvgIpc) is 2.47. The maximum absolute atomic E-state index is 9.29. The maximum atomic E-state index is 9.29. The van der Waals surface area contributed by atoms with Crippen LogP contribution in [0.4, 0.5) is 0 Å². The first kappa shape index (κ1) is 8.02. The van der Waals surface area contributed by atoms with Crippen LogP contribution in [0.3, 0.4) is 0 Å². The second-order valence-corrected chi connectivity index (χ2v) is 3.77. The van der Waals surface area contributed by atoms with Gasteiger partial charge in [0.1, 0.15) is 11.8 Å². The summed E-state index contributed by atoms with van der Waals surface area (Å²) in [5, 5.41) is 18.4. The Kier molecular flexibility index (Phi) is 1.67. The molecule has 0 atom stereocenters. The number of hydrogen-bond donors (Lipinski definition) is 1. The predicted molar refractivity (Wildman–Crippen MR) is 50.7 cm³/mol. The minimum absolute atomic E-state index is 0.220. The second kappa shape index (κ2) is 2.71. The number of fused-ring (bicyclic) bond motifs is 1. The Balaban J connectivity index is 2.84. The molecule has 1 N–H and O–H groups in total. The van der Waals surface area contributed by atoms with Crippen molar-refractivity contribution in [3.63, 3.8) is 0 Å². The van der Waals surface area contributed by atoms with E-state index in [9.17, 15) is 5.11 Å². The van der Waals surface area contributed by atoms with Gasteiger partial charge in [0.05, 0.1) is 10.2 Å². The van der Waals surface area contributed by atoms with E-state index in [0.717, 1.165) is 15.8 Å². The van der Waals surface area contributed by atoms with Crippen molar-refractivity contribution in [3.05, 3.63) is 22.7 Å². The standard InChI is InChI=1S/C9H6N2OS/c1-5-2-6(12)3-7-9(5)11-8(4-10)13-7/h2-3,12H,1H3. The van der Waals surface area contributed by atoms with Gasteiger partial charge >= 0.3 is 0 Å². The molecule has 0 spiro atoms. The number of aromatic hydroxyl groups is 1. The Morgan fingerprint density at radius 1 is 1.54 bits per heavy atom. The van der Waals surface area contributed by atoms with Crippen LogP contribution in [0.1, 0.15) is 10.6 Å². The molecular weight excluding hydrogens is 184 g/mol. The van der Waals surface area contributed by atoms with E-state index in [-0.39, 0.29) is 5.75 Å². The van der Waals surface area contributed by atoms with Crippen molar-refractivity contribution in [3.8, 4) is 11.8 Å². The number of rotatable bonds is 0. The van der Waals surface area contributed by atoms with Crippen molar-refractivity contribution in [1.82, 2.24) is 4.98 Å². The molecule has 2 rings (SSSR count). The van der Waals surface area contributed by atoms with Gasteiger partial charge < -0.3 is 5.11 Å². The van der Waals surface area contributed by atoms with Crippen LogP contribution in [0.5, 0.6) is 5.75 Å². The SMILES string of the molecule is Cc1cc(O)cc2sc(C#N)nc12. The molecule has 64 valence electrons. The molecule has 0 aliphatic rings. The van der Waals surface area contributed by atoms with Gasteiger partial charge in [-0.15, -0.1) is 11.3 Å². The summed E-state index contributed by atoms with van der Waals surface area (Å²) in [6.45, 7) is 1.86. The number of aromatic nitrogens is 1. The van der Waals surface area contributed by atoms with Crippen molar-refractivity contribution >= 4 is 21.6 Å². The van der Waals surface area contributed by atoms with E-state index in [1.807, 2.05) is 13.0 Å². The van der Waals surface area contributed by atoms with Gasteiger partial charge in [0.15, 0.2) is 5.01 Å². The molecule has 1 aromatic heterocycles. The van der Waals surface area contributed by atoms with Crippen molar-refractivity contribution in [2.75, 3.05) is 0 Å². The third kappa shape index (κ3) is 1.23. The minimum Gasteiger partial charge on any atom is -0.508 e. The minimum atomic E-state index is 0.220. The van der Waals surface area contributed by atoms with Gasteiger partial charge in [0.2, 0.25) is 0 Å². The van der Waals surface area contributed by atoms with E-state index >= 15 is 0 Å². The molecule has 0 saturated heterocycles. The highest BCUT2D eigenvalue weighted by Gasteiger charge is 2.06. The molecule has 0 radical (unpaired) electrons. The van der Waals surface area contributed by atoms with E-state index in [4.69, 9.17) is 5.26 Å². The summed E-state index contributed by atoms with van der Waals surface area (Å²) >= 11 is 1.29. The molecule has 0 fully saturated rings. The number of aryl methyl sites for hydroxylation is 1. The number of nitriles is 1. The van der Waals surface area contributed by atoms with Crippen molar-refractivity contribution in [2.24, 2.45) is 0 Å². The molecule has 4 heteroatoms. The summed E-state index contributed by atoms with van der Waals surface area (Å²) in [5.74, 6) is 0.220. The molecule has 0 aliphatic heterocycles. The van der Waals surface area contributed by atoms with Crippen LogP contribution in [0.25, 0.3) is 10.2 Å². The van der Waals surface area contributed by atoms with Gasteiger partial charge in [-0.2, -0.15) is 5.26 Å². The number of benzene rings is 1. The zero-order valence-corrected chi connectivity index (χ0v) is 7.72. The van der Waals surface area contributed by atoms with E-state index in [1.165, 1.54) is 11.3 Å². The fourth-order valence-electron chi connectivity index (χ4n) is 1.23. The number of thiazole rings is 1. The lowest BCUT2D eigenvalue weighted by Gasteiger charge is -1.94. The van der Waals surface area contributed by atoms with Crippen LogP contribution >= 0.6 is 11.3 Å². The monoisotopic (exact) mass is 190 g/mol. The topological polar surface area (TPSA) is 56.9 Å². The second-order valence-electron chi connectivity index (χ2n) is 2.74. The smallest absolute Gasteiger partial charge is 0.195 e. The van der Waals surface area contributed by atoms with Gasteiger partial charge in [-0.1, -0.05) is 0 Å². The molecule has 0 unspecified atom stereocenters. The van der Waals surface area contributed by atoms with E-state index in [0.29, 0.717) is 5.01 Å². The average molecular weight is 190 g/mol. The largest absolute Gasteiger partial charge is 0.508 e. The van der Waals surface area contributed by atoms with Crippen molar-refractivity contribution < 1.29 is 5.11 Å². The normalized spacial score (nSPS) is 10.2. The van der Waals surface area contributed by atoms with Gasteiger partial charge in [-0.25, -0.2) is 4.98 Å². The summed E-state index contributed by atoms with van der Waals surface area (Å²) < 4.78 is 0.856. The summed E-state index contributed by atoms with van der Waals surface area (Å²) in [6.07, 6.45) is 0. The van der Waals surface area contributed by atoms with Gasteiger partial charge in [0.25, 0.3) is 0 Å². The summed E-state index contributed by atoms with van der Waals surface area (Å²) in [7, 11) is 0. The Morgan fingerprint density at radius 2 is 2.31 bits per heavy atom. The number of phenols is 1. The zero-order valence-electron chi connectivity index (χ0n) is 6.90. The van der Waals surface area contributed by atoms with Crippen LogP contribution in [-0.4, -0.2) is 10.1 Å². The molecular formula is C9H6N2OS. The molecule has 1 heterocycles. The lowest BCUT2D eigenvalue weighted by atomic mass is 10.2. The lowest BCUT2D eigenvalue weighted by molar-refractivity contribution is 0.476. The van der Waals surface area contributed by atoms with Crippen LogP contribution in [0.2, 0.25) is 0 Å². The molecule has 0 aliphatic carbocycles. The number of hydrogen-bond acceptors (Lipinski definition) is 4. The Hall–Kier alpha value is -1.60. The van der Waals surface area contributed by atoms with E-state index in [2.05, 4.69) is 4.98 Å². The first-order valence-electron chi connectivity index (χ1n) is 3.71. The summed E-state index contributed by atoms with van der Waals surface area (Å²) in [5.41, 5.74) is 1.70. The highest BCUT2D eigenvalue weighted by atomic mass is 32.1. The summed E-state index contributed by atoms with van der Waals surface area (Å²) in [6, 6.07) is 5.26. The van der Waals surface area contributed by atoms with Gasteiger partial charge in [-0.3, -0.25) is 0 Å². The van der Waals surface area contributed by atoms with Crippen LogP contribution < -0.4 is 0 Å². The third-order valence-electron chi connectivity index (χ3n) is 1.77. The Labute approximate surface area is 78.9 Å². The predicted octanol–water partition coefficient (Wildman–Crippen LogP) is 2.18. The fraction of sp³-hybridized carbons (Fsp3) is 0.111. The molecule has 0 saturated carbocycles. The fourth-order valence-corrected chi connectivity index (χ4v) is 2.10. The number of phenolic OH excluding ortho intramolecular Hbond substituents is 1. The highest BCUT2D eigenvalue weighted by molar-refractivity contribution is 7.19. The first-order chi connectivity index (χ1) is 6.20. The Morgan fingerprint density at radius 3 is 3.00 bits per heavy atom. The van der Waals surface area contributed by atoms with Gasteiger partial charge in [-0.05, 0) is 24.6 Å². The summed E-state index contributed by atoms with van der Waals surface area (Å²) in [4.78, 5) is 4.12. The van der Waals surface area contributed by atoms with Crippen LogP contribution in [0.15, 0.2) is 12.1 Å². The van der Waals surface area contributed by atoms with Crippen molar-refractivity contribution in [2.45, 2.75) is 6.92 Å². The van der Waals surface area contributed by atoms with Gasteiger partial charge in [0, 0.05) is 0 Å². The first-order valence-corrected chi connectivity index (χ1v) is 4.52. The van der Waals surface area contributed by atoms with Crippen molar-refractivity contribution in [1.29, 1.82) is 5.26 Å². The number of nitrogens with zero attached hydrogens (tertiary/aromatic N) is 2. The lowest BCUT2D eigenvalue weighted by Crippen LogP contribution is -1.76. The van der Waals surface area contributed by atoms with E-state index in [1.54, 1.807) is 12.1 Å². The van der Waals surface area contributed by atoms with E-state index < -0.39 is 0 Å². The molecule has 0 bridgehead atoms. The Bertz CT molecular complexity index is 510. The highest BCUT2D eigenvalue weighted by Crippen LogP contribution is 2.28. The van der Waals surface area contributed by atoms with Crippen LogP contribution in [-0.2, 0) is 0 Å². The third-order valence-corrected chi connectivity index (χ3v) is 2.67. The zero-order chi connectivity index (χ0) is 9.42. The molecule has 3 nitrogen and oxygen atoms in total. The molecule has 0 amide bonds. The van der Waals surface area contributed by atoms with Crippen LogP contribution in [0, 0.1) is 18.3 Å². The molecule has 13 heavy (non-hydrogen) atoms. The quantitative estimate of drug-likeness (QED) is 0.692.